The molecule has 0 spiro atoms. The Morgan fingerprint density at radius 3 is 2.54 bits per heavy atom. The fourth-order valence-corrected chi connectivity index (χ4v) is 4.21. The number of hydrogen-bond donors (Lipinski definition) is 1. The van der Waals surface area contributed by atoms with Crippen LogP contribution in [-0.2, 0) is 9.59 Å². The third kappa shape index (κ3) is 3.57. The van der Waals surface area contributed by atoms with Crippen LogP contribution in [0.2, 0.25) is 0 Å². The van der Waals surface area contributed by atoms with E-state index in [-0.39, 0.29) is 35.8 Å². The van der Waals surface area contributed by atoms with Gasteiger partial charge in [0.2, 0.25) is 5.91 Å². The molecule has 2 atom stereocenters. The van der Waals surface area contributed by atoms with Crippen LogP contribution in [0.3, 0.4) is 0 Å². The monoisotopic (exact) mass is 379 g/mol. The Hall–Kier alpha value is -2.95. The molecule has 1 N–H and O–H groups in total. The van der Waals surface area contributed by atoms with Gasteiger partial charge in [0.25, 0.3) is 0 Å². The lowest BCUT2D eigenvalue weighted by molar-refractivity contribution is -0.122. The SMILES string of the molecule is CCOc1ccc(C2CC(=O)C3=C(C2)NC(=O)CC3c2cccc(F)c2)cc1. The zero-order valence-corrected chi connectivity index (χ0v) is 15.7. The summed E-state index contributed by atoms with van der Waals surface area (Å²) in [5, 5.41) is 2.90. The second kappa shape index (κ2) is 7.58. The van der Waals surface area contributed by atoms with Crippen molar-refractivity contribution in [1.82, 2.24) is 5.32 Å². The first-order valence-corrected chi connectivity index (χ1v) is 9.59. The van der Waals surface area contributed by atoms with Crippen LogP contribution in [0.15, 0.2) is 59.8 Å². The van der Waals surface area contributed by atoms with Gasteiger partial charge in [0, 0.05) is 30.0 Å². The summed E-state index contributed by atoms with van der Waals surface area (Å²) in [4.78, 5) is 25.3. The predicted octanol–water partition coefficient (Wildman–Crippen LogP) is 4.23. The van der Waals surface area contributed by atoms with Crippen LogP contribution < -0.4 is 10.1 Å². The zero-order valence-electron chi connectivity index (χ0n) is 15.7. The molecule has 0 saturated carbocycles. The minimum absolute atomic E-state index is 0.00786. The highest BCUT2D eigenvalue weighted by Gasteiger charge is 2.38. The molecule has 0 bridgehead atoms. The van der Waals surface area contributed by atoms with E-state index in [1.54, 1.807) is 12.1 Å². The smallest absolute Gasteiger partial charge is 0.225 e. The number of ketones is 1. The molecule has 1 amide bonds. The topological polar surface area (TPSA) is 55.4 Å². The van der Waals surface area contributed by atoms with Crippen molar-refractivity contribution in [3.63, 3.8) is 0 Å². The number of Topliss-reactive ketones (excluding diaryl/α,β-unsaturated/α-hetero) is 1. The molecular formula is C23H22FNO3. The van der Waals surface area contributed by atoms with Crippen molar-refractivity contribution < 1.29 is 18.7 Å². The highest BCUT2D eigenvalue weighted by atomic mass is 19.1. The maximum absolute atomic E-state index is 13.7. The van der Waals surface area contributed by atoms with Gasteiger partial charge in [-0.1, -0.05) is 24.3 Å². The van der Waals surface area contributed by atoms with Gasteiger partial charge < -0.3 is 10.1 Å². The third-order valence-corrected chi connectivity index (χ3v) is 5.45. The Labute approximate surface area is 163 Å². The van der Waals surface area contributed by atoms with E-state index in [0.717, 1.165) is 11.3 Å². The lowest BCUT2D eigenvalue weighted by Crippen LogP contribution is -2.38. The molecule has 2 aromatic rings. The molecule has 4 nitrogen and oxygen atoms in total. The standard InChI is InChI=1S/C23H22FNO3/c1-2-28-18-8-6-14(7-9-18)16-11-20-23(21(26)12-16)19(13-22(27)25-20)15-4-3-5-17(24)10-15/h3-10,16,19H,2,11-13H2,1H3,(H,25,27). The van der Waals surface area contributed by atoms with Crippen molar-refractivity contribution in [3.8, 4) is 5.75 Å². The number of hydrogen-bond acceptors (Lipinski definition) is 3. The fourth-order valence-electron chi connectivity index (χ4n) is 4.21. The molecule has 144 valence electrons. The van der Waals surface area contributed by atoms with Gasteiger partial charge in [-0.15, -0.1) is 0 Å². The maximum Gasteiger partial charge on any atom is 0.225 e. The molecule has 2 unspecified atom stereocenters. The largest absolute Gasteiger partial charge is 0.494 e. The van der Waals surface area contributed by atoms with Crippen LogP contribution in [0.1, 0.15) is 49.1 Å². The average molecular weight is 379 g/mol. The summed E-state index contributed by atoms with van der Waals surface area (Å²) >= 11 is 0. The quantitative estimate of drug-likeness (QED) is 0.865. The van der Waals surface area contributed by atoms with Crippen molar-refractivity contribution in [2.75, 3.05) is 6.61 Å². The Bertz CT molecular complexity index is 949. The van der Waals surface area contributed by atoms with E-state index < -0.39 is 0 Å². The van der Waals surface area contributed by atoms with Crippen LogP contribution in [0.25, 0.3) is 0 Å². The van der Waals surface area contributed by atoms with E-state index in [4.69, 9.17) is 4.74 Å². The van der Waals surface area contributed by atoms with Gasteiger partial charge >= 0.3 is 0 Å². The third-order valence-electron chi connectivity index (χ3n) is 5.45. The van der Waals surface area contributed by atoms with E-state index in [1.165, 1.54) is 12.1 Å². The summed E-state index contributed by atoms with van der Waals surface area (Å²) in [5.41, 5.74) is 3.04. The molecule has 5 heteroatoms. The van der Waals surface area contributed by atoms with Gasteiger partial charge in [-0.3, -0.25) is 9.59 Å². The zero-order chi connectivity index (χ0) is 19.7. The van der Waals surface area contributed by atoms with Crippen molar-refractivity contribution in [2.24, 2.45) is 0 Å². The van der Waals surface area contributed by atoms with E-state index in [1.807, 2.05) is 31.2 Å². The number of rotatable bonds is 4. The molecule has 0 fully saturated rings. The Morgan fingerprint density at radius 1 is 1.04 bits per heavy atom. The first-order chi connectivity index (χ1) is 13.5. The Kier molecular flexibility index (Phi) is 4.99. The minimum Gasteiger partial charge on any atom is -0.494 e. The lowest BCUT2D eigenvalue weighted by Gasteiger charge is -2.34. The number of benzene rings is 2. The van der Waals surface area contributed by atoms with Crippen LogP contribution in [0, 0.1) is 5.82 Å². The lowest BCUT2D eigenvalue weighted by atomic mass is 9.73. The first-order valence-electron chi connectivity index (χ1n) is 9.59. The van der Waals surface area contributed by atoms with Gasteiger partial charge in [0.05, 0.1) is 6.61 Å². The minimum atomic E-state index is -0.381. The summed E-state index contributed by atoms with van der Waals surface area (Å²) in [7, 11) is 0. The second-order valence-corrected chi connectivity index (χ2v) is 7.28. The molecule has 0 saturated heterocycles. The van der Waals surface area contributed by atoms with E-state index in [0.29, 0.717) is 36.3 Å². The van der Waals surface area contributed by atoms with Gasteiger partial charge in [-0.05, 0) is 54.7 Å². The molecule has 1 aliphatic carbocycles. The molecular weight excluding hydrogens is 357 g/mol. The molecule has 2 aromatic carbocycles. The number of allylic oxidation sites excluding steroid dienone is 2. The fraction of sp³-hybridized carbons (Fsp3) is 0.304. The van der Waals surface area contributed by atoms with Crippen molar-refractivity contribution in [3.05, 3.63) is 76.7 Å². The molecule has 4 rings (SSSR count). The number of halogens is 1. The maximum atomic E-state index is 13.7. The van der Waals surface area contributed by atoms with Crippen molar-refractivity contribution >= 4 is 11.7 Å². The van der Waals surface area contributed by atoms with Gasteiger partial charge in [0.15, 0.2) is 5.78 Å². The van der Waals surface area contributed by atoms with Crippen LogP contribution in [0.4, 0.5) is 4.39 Å². The van der Waals surface area contributed by atoms with Crippen molar-refractivity contribution in [2.45, 2.75) is 38.0 Å². The molecule has 1 heterocycles. The van der Waals surface area contributed by atoms with E-state index >= 15 is 0 Å². The van der Waals surface area contributed by atoms with Gasteiger partial charge in [-0.25, -0.2) is 4.39 Å². The Morgan fingerprint density at radius 2 is 1.82 bits per heavy atom. The summed E-state index contributed by atoms with van der Waals surface area (Å²) in [6, 6.07) is 13.9. The van der Waals surface area contributed by atoms with Crippen LogP contribution in [0.5, 0.6) is 5.75 Å². The number of ether oxygens (including phenoxy) is 1. The highest BCUT2D eigenvalue weighted by molar-refractivity contribution is 6.02. The number of carbonyl (C=O) groups is 2. The van der Waals surface area contributed by atoms with Gasteiger partial charge in [0.1, 0.15) is 11.6 Å². The molecule has 1 aliphatic heterocycles. The average Bonchev–Trinajstić information content (AvgIpc) is 2.68. The number of nitrogens with one attached hydrogen (secondary N) is 1. The van der Waals surface area contributed by atoms with Gasteiger partial charge in [-0.2, -0.15) is 0 Å². The van der Waals surface area contributed by atoms with Crippen molar-refractivity contribution in [1.29, 1.82) is 0 Å². The summed E-state index contributed by atoms with van der Waals surface area (Å²) < 4.78 is 19.2. The molecule has 28 heavy (non-hydrogen) atoms. The summed E-state index contributed by atoms with van der Waals surface area (Å²) in [6.07, 6.45) is 1.14. The van der Waals surface area contributed by atoms with E-state index in [9.17, 15) is 14.0 Å². The number of carbonyl (C=O) groups excluding carboxylic acids is 2. The normalized spacial score (nSPS) is 21.9. The summed E-state index contributed by atoms with van der Waals surface area (Å²) in [6.45, 7) is 2.54. The predicted molar refractivity (Wildman–Crippen MR) is 104 cm³/mol. The first kappa shape index (κ1) is 18.4. The molecule has 0 aromatic heterocycles. The second-order valence-electron chi connectivity index (χ2n) is 7.28. The highest BCUT2D eigenvalue weighted by Crippen LogP contribution is 2.42. The van der Waals surface area contributed by atoms with Crippen LogP contribution in [-0.4, -0.2) is 18.3 Å². The molecule has 2 aliphatic rings. The Balaban J connectivity index is 1.65. The summed E-state index contributed by atoms with van der Waals surface area (Å²) in [5.74, 6) is -0.0455. The van der Waals surface area contributed by atoms with E-state index in [2.05, 4.69) is 5.32 Å². The van der Waals surface area contributed by atoms with Crippen LogP contribution >= 0.6 is 0 Å². The molecule has 0 radical (unpaired) electrons. The number of amides is 1.